The molecule has 96 valence electrons. The van der Waals surface area contributed by atoms with E-state index in [1.807, 2.05) is 35.8 Å². The van der Waals surface area contributed by atoms with Gasteiger partial charge < -0.3 is 10.5 Å². The van der Waals surface area contributed by atoms with Gasteiger partial charge in [0.25, 0.3) is 0 Å². The van der Waals surface area contributed by atoms with E-state index >= 15 is 0 Å². The van der Waals surface area contributed by atoms with Crippen LogP contribution in [0.2, 0.25) is 0 Å². The van der Waals surface area contributed by atoms with E-state index < -0.39 is 0 Å². The van der Waals surface area contributed by atoms with Gasteiger partial charge in [-0.05, 0) is 36.4 Å². The van der Waals surface area contributed by atoms with Crippen molar-refractivity contribution in [2.75, 3.05) is 12.8 Å². The Morgan fingerprint density at radius 1 is 1.16 bits per heavy atom. The minimum atomic E-state index is 0.750. The quantitative estimate of drug-likeness (QED) is 0.739. The van der Waals surface area contributed by atoms with Crippen LogP contribution in [0.3, 0.4) is 0 Å². The van der Waals surface area contributed by atoms with E-state index in [1.54, 1.807) is 30.2 Å². The van der Waals surface area contributed by atoms with Crippen molar-refractivity contribution in [2.45, 2.75) is 9.79 Å². The average molecular weight is 288 g/mol. The number of hydrogen-bond acceptors (Lipinski definition) is 5. The smallest absolute Gasteiger partial charge is 0.118 e. The summed E-state index contributed by atoms with van der Waals surface area (Å²) in [5.74, 6) is 0.854. The summed E-state index contributed by atoms with van der Waals surface area (Å²) in [5, 5.41) is 0. The number of thiazole rings is 1. The Morgan fingerprint density at radius 3 is 2.68 bits per heavy atom. The first kappa shape index (κ1) is 12.3. The van der Waals surface area contributed by atoms with Crippen molar-refractivity contribution in [3.63, 3.8) is 0 Å². The molecule has 0 unspecified atom stereocenters. The number of anilines is 1. The first-order chi connectivity index (χ1) is 9.28. The number of ether oxygens (including phenoxy) is 1. The molecule has 1 aromatic heterocycles. The summed E-state index contributed by atoms with van der Waals surface area (Å²) in [6.45, 7) is 0. The number of rotatable bonds is 3. The van der Waals surface area contributed by atoms with Crippen LogP contribution in [0.1, 0.15) is 0 Å². The third-order valence-electron chi connectivity index (χ3n) is 2.79. The molecule has 2 aromatic carbocycles. The third-order valence-corrected chi connectivity index (χ3v) is 4.67. The predicted molar refractivity (Wildman–Crippen MR) is 81.1 cm³/mol. The van der Waals surface area contributed by atoms with Crippen molar-refractivity contribution >= 4 is 39.0 Å². The zero-order chi connectivity index (χ0) is 13.2. The summed E-state index contributed by atoms with van der Waals surface area (Å²) >= 11 is 3.24. The number of methoxy groups -OCH3 is 1. The second-order valence-electron chi connectivity index (χ2n) is 3.95. The lowest BCUT2D eigenvalue weighted by Crippen LogP contribution is -1.90. The Kier molecular flexibility index (Phi) is 3.31. The van der Waals surface area contributed by atoms with Crippen LogP contribution in [0.5, 0.6) is 5.75 Å². The van der Waals surface area contributed by atoms with E-state index in [2.05, 4.69) is 11.1 Å². The number of nitrogens with two attached hydrogens (primary N) is 1. The second-order valence-corrected chi connectivity index (χ2v) is 5.96. The standard InChI is InChI=1S/C14H12N2OS2/c1-17-9-2-4-10(5-3-9)19-11-6-7-12-14(13(11)15)16-8-18-12/h2-8H,15H2,1H3. The molecular formula is C14H12N2OS2. The molecule has 2 N–H and O–H groups in total. The molecule has 19 heavy (non-hydrogen) atoms. The molecule has 0 saturated heterocycles. The Labute approximate surface area is 119 Å². The maximum Gasteiger partial charge on any atom is 0.118 e. The Balaban J connectivity index is 1.93. The fourth-order valence-electron chi connectivity index (χ4n) is 1.79. The summed E-state index contributed by atoms with van der Waals surface area (Å²) in [5.41, 5.74) is 9.63. The molecule has 0 radical (unpaired) electrons. The van der Waals surface area contributed by atoms with Crippen molar-refractivity contribution in [2.24, 2.45) is 0 Å². The lowest BCUT2D eigenvalue weighted by molar-refractivity contribution is 0.414. The van der Waals surface area contributed by atoms with Gasteiger partial charge >= 0.3 is 0 Å². The van der Waals surface area contributed by atoms with Gasteiger partial charge in [0.05, 0.1) is 23.0 Å². The molecule has 1 heterocycles. The lowest BCUT2D eigenvalue weighted by atomic mass is 10.3. The van der Waals surface area contributed by atoms with Gasteiger partial charge in [-0.2, -0.15) is 0 Å². The SMILES string of the molecule is COc1ccc(Sc2ccc3scnc3c2N)cc1. The van der Waals surface area contributed by atoms with E-state index in [0.29, 0.717) is 0 Å². The third kappa shape index (κ3) is 2.39. The molecule has 5 heteroatoms. The van der Waals surface area contributed by atoms with Crippen LogP contribution in [0.15, 0.2) is 51.7 Å². The molecule has 0 aliphatic rings. The summed E-state index contributed by atoms with van der Waals surface area (Å²) < 4.78 is 6.27. The highest BCUT2D eigenvalue weighted by atomic mass is 32.2. The van der Waals surface area contributed by atoms with Gasteiger partial charge in [-0.1, -0.05) is 11.8 Å². The first-order valence-corrected chi connectivity index (χ1v) is 7.41. The lowest BCUT2D eigenvalue weighted by Gasteiger charge is -2.06. The topological polar surface area (TPSA) is 48.1 Å². The van der Waals surface area contributed by atoms with Gasteiger partial charge in [-0.25, -0.2) is 4.98 Å². The van der Waals surface area contributed by atoms with E-state index in [0.717, 1.165) is 31.4 Å². The number of nitrogens with zero attached hydrogens (tertiary/aromatic N) is 1. The van der Waals surface area contributed by atoms with Crippen LogP contribution in [0.4, 0.5) is 5.69 Å². The first-order valence-electron chi connectivity index (χ1n) is 5.71. The van der Waals surface area contributed by atoms with Crippen LogP contribution in [-0.2, 0) is 0 Å². The van der Waals surface area contributed by atoms with E-state index in [4.69, 9.17) is 10.5 Å². The molecule has 0 amide bonds. The monoisotopic (exact) mass is 288 g/mol. The van der Waals surface area contributed by atoms with Crippen molar-refractivity contribution in [3.8, 4) is 5.75 Å². The number of fused-ring (bicyclic) bond motifs is 1. The molecule has 0 spiro atoms. The highest BCUT2D eigenvalue weighted by Crippen LogP contribution is 2.37. The van der Waals surface area contributed by atoms with Crippen LogP contribution in [0.25, 0.3) is 10.2 Å². The van der Waals surface area contributed by atoms with Crippen LogP contribution >= 0.6 is 23.1 Å². The summed E-state index contributed by atoms with van der Waals surface area (Å²) in [6.07, 6.45) is 0. The van der Waals surface area contributed by atoms with Gasteiger partial charge in [0.2, 0.25) is 0 Å². The number of benzene rings is 2. The Bertz CT molecular complexity index is 707. The zero-order valence-corrected chi connectivity index (χ0v) is 11.9. The molecular weight excluding hydrogens is 276 g/mol. The largest absolute Gasteiger partial charge is 0.497 e. The molecule has 0 saturated carbocycles. The summed E-state index contributed by atoms with van der Waals surface area (Å²) in [6, 6.07) is 12.0. The maximum absolute atomic E-state index is 6.17. The summed E-state index contributed by atoms with van der Waals surface area (Å²) in [7, 11) is 1.66. The van der Waals surface area contributed by atoms with Gasteiger partial charge in [-0.3, -0.25) is 0 Å². The van der Waals surface area contributed by atoms with Gasteiger partial charge in [0.15, 0.2) is 0 Å². The Hall–Kier alpha value is -1.72. The van der Waals surface area contributed by atoms with E-state index in [-0.39, 0.29) is 0 Å². The molecule has 3 aromatic rings. The van der Waals surface area contributed by atoms with Crippen LogP contribution in [-0.4, -0.2) is 12.1 Å². The van der Waals surface area contributed by atoms with Crippen molar-refractivity contribution in [1.29, 1.82) is 0 Å². The minimum Gasteiger partial charge on any atom is -0.497 e. The van der Waals surface area contributed by atoms with Crippen molar-refractivity contribution in [1.82, 2.24) is 4.98 Å². The normalized spacial score (nSPS) is 10.8. The van der Waals surface area contributed by atoms with Crippen molar-refractivity contribution < 1.29 is 4.74 Å². The van der Waals surface area contributed by atoms with Gasteiger partial charge in [0.1, 0.15) is 11.3 Å². The number of aromatic nitrogens is 1. The minimum absolute atomic E-state index is 0.750. The average Bonchev–Trinajstić information content (AvgIpc) is 2.92. The molecule has 3 rings (SSSR count). The van der Waals surface area contributed by atoms with Gasteiger partial charge in [0, 0.05) is 9.79 Å². The number of nitrogen functional groups attached to an aromatic ring is 1. The zero-order valence-electron chi connectivity index (χ0n) is 10.3. The fourth-order valence-corrected chi connectivity index (χ4v) is 3.35. The highest BCUT2D eigenvalue weighted by molar-refractivity contribution is 7.99. The second kappa shape index (κ2) is 5.11. The fraction of sp³-hybridized carbons (Fsp3) is 0.0714. The molecule has 0 bridgehead atoms. The molecule has 0 aliphatic heterocycles. The number of hydrogen-bond donors (Lipinski definition) is 1. The van der Waals surface area contributed by atoms with E-state index in [1.165, 1.54) is 0 Å². The van der Waals surface area contributed by atoms with Crippen molar-refractivity contribution in [3.05, 3.63) is 41.9 Å². The summed E-state index contributed by atoms with van der Waals surface area (Å²) in [4.78, 5) is 6.47. The molecule has 0 atom stereocenters. The Morgan fingerprint density at radius 2 is 1.95 bits per heavy atom. The highest BCUT2D eigenvalue weighted by Gasteiger charge is 2.08. The molecule has 3 nitrogen and oxygen atoms in total. The van der Waals surface area contributed by atoms with Crippen LogP contribution < -0.4 is 10.5 Å². The molecule has 0 fully saturated rings. The molecule has 0 aliphatic carbocycles. The maximum atomic E-state index is 6.17. The van der Waals surface area contributed by atoms with Crippen LogP contribution in [0, 0.1) is 0 Å². The van der Waals surface area contributed by atoms with E-state index in [9.17, 15) is 0 Å². The predicted octanol–water partition coefficient (Wildman–Crippen LogP) is 4.04. The van der Waals surface area contributed by atoms with Gasteiger partial charge in [-0.15, -0.1) is 11.3 Å².